The standard InChI is InChI=1S/C19H21N5OS/c1-26-16-7-2-6-15(11-16)22-18-12-17(14-5-3-8-20-13-14)23-19(24-18)21-9-4-10-25/h2-3,5-8,11-13,25H,4,9-10H2,1H3,(H2,21,22,23,24). The average Bonchev–Trinajstić information content (AvgIpc) is 2.69. The summed E-state index contributed by atoms with van der Waals surface area (Å²) in [6.07, 6.45) is 6.20. The van der Waals surface area contributed by atoms with Crippen molar-refractivity contribution < 1.29 is 5.11 Å². The van der Waals surface area contributed by atoms with Gasteiger partial charge in [0.1, 0.15) is 5.82 Å². The van der Waals surface area contributed by atoms with Crippen molar-refractivity contribution in [2.45, 2.75) is 11.3 Å². The lowest BCUT2D eigenvalue weighted by molar-refractivity contribution is 0.292. The lowest BCUT2D eigenvalue weighted by Gasteiger charge is -2.12. The van der Waals surface area contributed by atoms with E-state index in [1.807, 2.05) is 36.6 Å². The first kappa shape index (κ1) is 18.2. The third kappa shape index (κ3) is 4.93. The summed E-state index contributed by atoms with van der Waals surface area (Å²) < 4.78 is 0. The molecule has 3 rings (SSSR count). The molecule has 0 aliphatic rings. The van der Waals surface area contributed by atoms with Gasteiger partial charge < -0.3 is 15.7 Å². The summed E-state index contributed by atoms with van der Waals surface area (Å²) in [4.78, 5) is 14.4. The molecule has 0 fully saturated rings. The second-order valence-electron chi connectivity index (χ2n) is 5.56. The predicted molar refractivity (Wildman–Crippen MR) is 107 cm³/mol. The maximum Gasteiger partial charge on any atom is 0.225 e. The molecule has 0 radical (unpaired) electrons. The van der Waals surface area contributed by atoms with Gasteiger partial charge in [-0.05, 0) is 43.0 Å². The van der Waals surface area contributed by atoms with Crippen LogP contribution >= 0.6 is 11.8 Å². The van der Waals surface area contributed by atoms with Crippen LogP contribution < -0.4 is 10.6 Å². The molecule has 7 heteroatoms. The van der Waals surface area contributed by atoms with Gasteiger partial charge >= 0.3 is 0 Å². The molecule has 3 N–H and O–H groups in total. The smallest absolute Gasteiger partial charge is 0.225 e. The zero-order valence-corrected chi connectivity index (χ0v) is 15.3. The van der Waals surface area contributed by atoms with Crippen LogP contribution in [0.1, 0.15) is 6.42 Å². The van der Waals surface area contributed by atoms with Crippen molar-refractivity contribution in [2.24, 2.45) is 0 Å². The first-order chi connectivity index (χ1) is 12.8. The van der Waals surface area contributed by atoms with E-state index in [0.29, 0.717) is 24.7 Å². The largest absolute Gasteiger partial charge is 0.396 e. The first-order valence-electron chi connectivity index (χ1n) is 8.34. The summed E-state index contributed by atoms with van der Waals surface area (Å²) in [7, 11) is 0. The minimum atomic E-state index is 0.127. The number of rotatable bonds is 8. The van der Waals surface area contributed by atoms with Gasteiger partial charge in [-0.2, -0.15) is 4.98 Å². The summed E-state index contributed by atoms with van der Waals surface area (Å²) in [5.74, 6) is 1.21. The van der Waals surface area contributed by atoms with Crippen LogP contribution in [0.2, 0.25) is 0 Å². The summed E-state index contributed by atoms with van der Waals surface area (Å²) in [5.41, 5.74) is 2.66. The van der Waals surface area contributed by atoms with Crippen LogP contribution in [0, 0.1) is 0 Å². The van der Waals surface area contributed by atoms with Gasteiger partial charge in [-0.15, -0.1) is 11.8 Å². The van der Waals surface area contributed by atoms with Crippen LogP contribution in [-0.4, -0.2) is 39.5 Å². The Balaban J connectivity index is 1.90. The van der Waals surface area contributed by atoms with E-state index in [2.05, 4.69) is 37.7 Å². The number of thioether (sulfide) groups is 1. The van der Waals surface area contributed by atoms with Crippen molar-refractivity contribution in [3.05, 3.63) is 54.9 Å². The normalized spacial score (nSPS) is 10.5. The molecule has 0 aliphatic carbocycles. The fourth-order valence-electron chi connectivity index (χ4n) is 2.38. The number of nitrogens with one attached hydrogen (secondary N) is 2. The van der Waals surface area contributed by atoms with Crippen molar-refractivity contribution in [3.63, 3.8) is 0 Å². The number of aliphatic hydroxyl groups excluding tert-OH is 1. The molecule has 0 saturated carbocycles. The lowest BCUT2D eigenvalue weighted by atomic mass is 10.2. The van der Waals surface area contributed by atoms with Crippen LogP contribution in [0.15, 0.2) is 59.8 Å². The van der Waals surface area contributed by atoms with E-state index >= 15 is 0 Å². The van der Waals surface area contributed by atoms with Gasteiger partial charge in [0.15, 0.2) is 0 Å². The zero-order valence-electron chi connectivity index (χ0n) is 14.5. The van der Waals surface area contributed by atoms with Crippen molar-refractivity contribution >= 4 is 29.2 Å². The van der Waals surface area contributed by atoms with Gasteiger partial charge in [0.2, 0.25) is 5.95 Å². The summed E-state index contributed by atoms with van der Waals surface area (Å²) >= 11 is 1.69. The van der Waals surface area contributed by atoms with Crippen molar-refractivity contribution in [2.75, 3.05) is 30.0 Å². The van der Waals surface area contributed by atoms with E-state index in [-0.39, 0.29) is 6.61 Å². The van der Waals surface area contributed by atoms with E-state index in [1.165, 1.54) is 4.90 Å². The number of hydrogen-bond acceptors (Lipinski definition) is 7. The Kier molecular flexibility index (Phi) is 6.40. The second kappa shape index (κ2) is 9.17. The molecule has 0 aliphatic heterocycles. The van der Waals surface area contributed by atoms with E-state index in [4.69, 9.17) is 5.11 Å². The van der Waals surface area contributed by atoms with Crippen molar-refractivity contribution in [1.29, 1.82) is 0 Å². The second-order valence-corrected chi connectivity index (χ2v) is 6.44. The molecule has 1 aromatic carbocycles. The summed E-state index contributed by atoms with van der Waals surface area (Å²) in [6.45, 7) is 0.732. The highest BCUT2D eigenvalue weighted by Gasteiger charge is 2.08. The number of benzene rings is 1. The van der Waals surface area contributed by atoms with Gasteiger partial charge in [-0.3, -0.25) is 4.98 Å². The van der Waals surface area contributed by atoms with E-state index in [9.17, 15) is 0 Å². The average molecular weight is 367 g/mol. The highest BCUT2D eigenvalue weighted by Crippen LogP contribution is 2.25. The fourth-order valence-corrected chi connectivity index (χ4v) is 2.84. The lowest BCUT2D eigenvalue weighted by Crippen LogP contribution is -2.08. The number of pyridine rings is 1. The van der Waals surface area contributed by atoms with E-state index in [0.717, 1.165) is 16.9 Å². The Hall–Kier alpha value is -2.64. The summed E-state index contributed by atoms with van der Waals surface area (Å²) in [5, 5.41) is 15.5. The molecule has 0 amide bonds. The van der Waals surface area contributed by atoms with Gasteiger partial charge in [-0.25, -0.2) is 4.98 Å². The molecule has 0 spiro atoms. The molecule has 0 unspecified atom stereocenters. The van der Waals surface area contributed by atoms with Crippen LogP contribution in [0.25, 0.3) is 11.3 Å². The molecule has 134 valence electrons. The first-order valence-corrected chi connectivity index (χ1v) is 9.56. The van der Waals surface area contributed by atoms with Crippen molar-refractivity contribution in [1.82, 2.24) is 15.0 Å². The summed E-state index contributed by atoms with van der Waals surface area (Å²) in [6, 6.07) is 13.9. The molecule has 0 saturated heterocycles. The Morgan fingerprint density at radius 3 is 2.81 bits per heavy atom. The molecule has 3 aromatic rings. The molecule has 6 nitrogen and oxygen atoms in total. The monoisotopic (exact) mass is 367 g/mol. The molecule has 2 heterocycles. The van der Waals surface area contributed by atoms with E-state index < -0.39 is 0 Å². The molecule has 2 aromatic heterocycles. The molecule has 0 bridgehead atoms. The van der Waals surface area contributed by atoms with Crippen LogP contribution in [0.5, 0.6) is 0 Å². The third-order valence-electron chi connectivity index (χ3n) is 3.64. The van der Waals surface area contributed by atoms with Gasteiger partial charge in [0.25, 0.3) is 0 Å². The number of aromatic nitrogens is 3. The number of hydrogen-bond donors (Lipinski definition) is 3. The number of nitrogens with zero attached hydrogens (tertiary/aromatic N) is 3. The number of anilines is 3. The van der Waals surface area contributed by atoms with Crippen molar-refractivity contribution in [3.8, 4) is 11.3 Å². The minimum Gasteiger partial charge on any atom is -0.396 e. The minimum absolute atomic E-state index is 0.127. The molecule has 26 heavy (non-hydrogen) atoms. The van der Waals surface area contributed by atoms with Crippen LogP contribution in [0.4, 0.5) is 17.5 Å². The molecular formula is C19H21N5OS. The highest BCUT2D eigenvalue weighted by atomic mass is 32.2. The maximum absolute atomic E-state index is 8.97. The zero-order chi connectivity index (χ0) is 18.2. The topological polar surface area (TPSA) is 83.0 Å². The Morgan fingerprint density at radius 2 is 2.04 bits per heavy atom. The SMILES string of the molecule is CSc1cccc(Nc2cc(-c3cccnc3)nc(NCCCO)n2)c1. The fraction of sp³-hybridized carbons (Fsp3) is 0.211. The quantitative estimate of drug-likeness (QED) is 0.412. The van der Waals surface area contributed by atoms with E-state index in [1.54, 1.807) is 24.2 Å². The Bertz CT molecular complexity index is 844. The predicted octanol–water partition coefficient (Wildman–Crippen LogP) is 3.80. The van der Waals surface area contributed by atoms with Gasteiger partial charge in [-0.1, -0.05) is 6.07 Å². The highest BCUT2D eigenvalue weighted by molar-refractivity contribution is 7.98. The Morgan fingerprint density at radius 1 is 1.12 bits per heavy atom. The third-order valence-corrected chi connectivity index (χ3v) is 4.37. The van der Waals surface area contributed by atoms with Gasteiger partial charge in [0.05, 0.1) is 5.69 Å². The van der Waals surface area contributed by atoms with Crippen LogP contribution in [0.3, 0.4) is 0 Å². The Labute approximate surface area is 157 Å². The van der Waals surface area contributed by atoms with Gasteiger partial charge in [0, 0.05) is 47.8 Å². The van der Waals surface area contributed by atoms with Crippen LogP contribution in [-0.2, 0) is 0 Å². The molecule has 0 atom stereocenters. The molecular weight excluding hydrogens is 346 g/mol. The number of aliphatic hydroxyl groups is 1. The maximum atomic E-state index is 8.97.